The lowest BCUT2D eigenvalue weighted by molar-refractivity contribution is -0.118. The Morgan fingerprint density at radius 3 is 2.64 bits per heavy atom. The molecule has 2 amide bonds. The number of ether oxygens (including phenoxy) is 2. The standard InChI is InChI=1S/C21H23N3O4/c1-3-28-21(26)24-18(12-14-13-22-16-9-5-4-8-15(14)16)20(25)23-17-10-6-7-11-19(17)27-2/h4-11,13,18,22H,3,12H2,1-2H3,(H,23,25)(H,24,26)/t18-/m1/s1. The van der Waals surface area contributed by atoms with Crippen molar-refractivity contribution >= 4 is 28.6 Å². The van der Waals surface area contributed by atoms with E-state index < -0.39 is 12.1 Å². The SMILES string of the molecule is CCOC(=O)N[C@H](Cc1c[nH]c2ccccc12)C(=O)Nc1ccccc1OC. The van der Waals surface area contributed by atoms with Crippen LogP contribution < -0.4 is 15.4 Å². The zero-order chi connectivity index (χ0) is 19.9. The van der Waals surface area contributed by atoms with E-state index in [0.717, 1.165) is 16.5 Å². The number of hydrogen-bond donors (Lipinski definition) is 3. The molecule has 3 rings (SSSR count). The summed E-state index contributed by atoms with van der Waals surface area (Å²) in [5.41, 5.74) is 2.43. The third-order valence-electron chi connectivity index (χ3n) is 4.35. The van der Waals surface area contributed by atoms with E-state index in [1.165, 1.54) is 7.11 Å². The van der Waals surface area contributed by atoms with Crippen LogP contribution in [0.4, 0.5) is 10.5 Å². The number of H-pyrrole nitrogens is 1. The molecule has 0 aliphatic heterocycles. The summed E-state index contributed by atoms with van der Waals surface area (Å²) in [5.74, 6) is 0.181. The number of nitrogens with one attached hydrogen (secondary N) is 3. The van der Waals surface area contributed by atoms with E-state index in [1.807, 2.05) is 36.5 Å². The number of amides is 2. The van der Waals surface area contributed by atoms with Gasteiger partial charge in [-0.1, -0.05) is 30.3 Å². The van der Waals surface area contributed by atoms with E-state index in [0.29, 0.717) is 17.9 Å². The number of para-hydroxylation sites is 3. The number of alkyl carbamates (subject to hydrolysis) is 1. The van der Waals surface area contributed by atoms with Gasteiger partial charge in [-0.15, -0.1) is 0 Å². The van der Waals surface area contributed by atoms with Gasteiger partial charge in [-0.25, -0.2) is 4.79 Å². The molecule has 2 aromatic carbocycles. The van der Waals surface area contributed by atoms with E-state index in [9.17, 15) is 9.59 Å². The first-order chi connectivity index (χ1) is 13.6. The van der Waals surface area contributed by atoms with E-state index in [1.54, 1.807) is 25.1 Å². The molecule has 0 saturated carbocycles. The van der Waals surface area contributed by atoms with Gasteiger partial charge in [-0.2, -0.15) is 0 Å². The summed E-state index contributed by atoms with van der Waals surface area (Å²) >= 11 is 0. The molecule has 0 saturated heterocycles. The van der Waals surface area contributed by atoms with Gasteiger partial charge in [0, 0.05) is 23.5 Å². The maximum absolute atomic E-state index is 12.9. The number of aromatic amines is 1. The molecule has 0 fully saturated rings. The number of fused-ring (bicyclic) bond motifs is 1. The molecule has 0 bridgehead atoms. The summed E-state index contributed by atoms with van der Waals surface area (Å²) in [4.78, 5) is 28.1. The monoisotopic (exact) mass is 381 g/mol. The quantitative estimate of drug-likeness (QED) is 0.584. The second-order valence-corrected chi connectivity index (χ2v) is 6.17. The Morgan fingerprint density at radius 2 is 1.86 bits per heavy atom. The highest BCUT2D eigenvalue weighted by Gasteiger charge is 2.24. The molecule has 1 atom stereocenters. The van der Waals surface area contributed by atoms with Gasteiger partial charge < -0.3 is 25.1 Å². The Bertz CT molecular complexity index is 967. The van der Waals surface area contributed by atoms with Gasteiger partial charge in [0.15, 0.2) is 0 Å². The van der Waals surface area contributed by atoms with Gasteiger partial charge in [-0.05, 0) is 30.7 Å². The lowest BCUT2D eigenvalue weighted by atomic mass is 10.0. The second-order valence-electron chi connectivity index (χ2n) is 6.17. The number of benzene rings is 2. The molecule has 0 unspecified atom stereocenters. The van der Waals surface area contributed by atoms with E-state index >= 15 is 0 Å². The fourth-order valence-electron chi connectivity index (χ4n) is 3.01. The summed E-state index contributed by atoms with van der Waals surface area (Å²) < 4.78 is 10.2. The smallest absolute Gasteiger partial charge is 0.407 e. The topological polar surface area (TPSA) is 92.5 Å². The van der Waals surface area contributed by atoms with Crippen molar-refractivity contribution in [2.45, 2.75) is 19.4 Å². The first kappa shape index (κ1) is 19.3. The molecule has 28 heavy (non-hydrogen) atoms. The predicted molar refractivity (Wildman–Crippen MR) is 108 cm³/mol. The summed E-state index contributed by atoms with van der Waals surface area (Å²) in [6, 6.07) is 14.1. The number of aromatic nitrogens is 1. The van der Waals surface area contributed by atoms with Crippen molar-refractivity contribution in [3.05, 3.63) is 60.3 Å². The molecule has 0 spiro atoms. The lowest BCUT2D eigenvalue weighted by Gasteiger charge is -2.19. The van der Waals surface area contributed by atoms with Gasteiger partial charge in [0.2, 0.25) is 5.91 Å². The highest BCUT2D eigenvalue weighted by Crippen LogP contribution is 2.24. The van der Waals surface area contributed by atoms with Crippen molar-refractivity contribution in [1.29, 1.82) is 0 Å². The van der Waals surface area contributed by atoms with Gasteiger partial charge in [-0.3, -0.25) is 4.79 Å². The average Bonchev–Trinajstić information content (AvgIpc) is 3.11. The van der Waals surface area contributed by atoms with Crippen molar-refractivity contribution in [3.8, 4) is 5.75 Å². The molecular formula is C21H23N3O4. The van der Waals surface area contributed by atoms with Crippen molar-refractivity contribution in [1.82, 2.24) is 10.3 Å². The zero-order valence-corrected chi connectivity index (χ0v) is 15.8. The minimum atomic E-state index is -0.817. The number of methoxy groups -OCH3 is 1. The van der Waals surface area contributed by atoms with Crippen LogP contribution in [0, 0.1) is 0 Å². The van der Waals surface area contributed by atoms with Crippen molar-refractivity contribution < 1.29 is 19.1 Å². The number of carbonyl (C=O) groups is 2. The zero-order valence-electron chi connectivity index (χ0n) is 15.8. The minimum absolute atomic E-state index is 0.222. The van der Waals surface area contributed by atoms with E-state index in [2.05, 4.69) is 15.6 Å². The maximum Gasteiger partial charge on any atom is 0.407 e. The molecule has 0 radical (unpaired) electrons. The van der Waals surface area contributed by atoms with E-state index in [-0.39, 0.29) is 12.5 Å². The van der Waals surface area contributed by atoms with Crippen LogP contribution in [0.25, 0.3) is 10.9 Å². The Kier molecular flexibility index (Phi) is 6.16. The Hall–Kier alpha value is -3.48. The van der Waals surface area contributed by atoms with Crippen LogP contribution in [0.3, 0.4) is 0 Å². The van der Waals surface area contributed by atoms with Crippen molar-refractivity contribution in [2.75, 3.05) is 19.0 Å². The molecule has 146 valence electrons. The fraction of sp³-hybridized carbons (Fsp3) is 0.238. The predicted octanol–water partition coefficient (Wildman–Crippen LogP) is 3.47. The minimum Gasteiger partial charge on any atom is -0.495 e. The largest absolute Gasteiger partial charge is 0.495 e. The first-order valence-corrected chi connectivity index (χ1v) is 9.04. The summed E-state index contributed by atoms with van der Waals surface area (Å²) in [7, 11) is 1.53. The van der Waals surface area contributed by atoms with Gasteiger partial charge in [0.25, 0.3) is 0 Å². The lowest BCUT2D eigenvalue weighted by Crippen LogP contribution is -2.45. The molecule has 0 aliphatic carbocycles. The van der Waals surface area contributed by atoms with Crippen LogP contribution in [-0.2, 0) is 16.0 Å². The van der Waals surface area contributed by atoms with Crippen LogP contribution in [0.1, 0.15) is 12.5 Å². The maximum atomic E-state index is 12.9. The highest BCUT2D eigenvalue weighted by molar-refractivity contribution is 5.98. The number of hydrogen-bond acceptors (Lipinski definition) is 4. The van der Waals surface area contributed by atoms with Gasteiger partial charge in [0.1, 0.15) is 11.8 Å². The molecule has 1 aromatic heterocycles. The Morgan fingerprint density at radius 1 is 1.11 bits per heavy atom. The van der Waals surface area contributed by atoms with Crippen LogP contribution in [-0.4, -0.2) is 36.7 Å². The molecular weight excluding hydrogens is 358 g/mol. The van der Waals surface area contributed by atoms with E-state index in [4.69, 9.17) is 9.47 Å². The highest BCUT2D eigenvalue weighted by atomic mass is 16.5. The average molecular weight is 381 g/mol. The fourth-order valence-corrected chi connectivity index (χ4v) is 3.01. The third-order valence-corrected chi connectivity index (χ3v) is 4.35. The normalized spacial score (nSPS) is 11.6. The van der Waals surface area contributed by atoms with Crippen LogP contribution in [0.5, 0.6) is 5.75 Å². The number of rotatable bonds is 7. The Labute approximate surface area is 163 Å². The molecule has 1 heterocycles. The summed E-state index contributed by atoms with van der Waals surface area (Å²) in [5, 5.41) is 6.48. The van der Waals surface area contributed by atoms with Crippen LogP contribution >= 0.6 is 0 Å². The molecule has 7 heteroatoms. The Balaban J connectivity index is 1.83. The molecule has 3 N–H and O–H groups in total. The summed E-state index contributed by atoms with van der Waals surface area (Å²) in [6.07, 6.45) is 1.52. The summed E-state index contributed by atoms with van der Waals surface area (Å²) in [6.45, 7) is 1.93. The third kappa shape index (κ3) is 4.43. The van der Waals surface area contributed by atoms with Gasteiger partial charge >= 0.3 is 6.09 Å². The van der Waals surface area contributed by atoms with Gasteiger partial charge in [0.05, 0.1) is 19.4 Å². The second kappa shape index (κ2) is 8.94. The first-order valence-electron chi connectivity index (χ1n) is 9.04. The number of carbonyl (C=O) groups excluding carboxylic acids is 2. The number of anilines is 1. The van der Waals surface area contributed by atoms with Crippen LogP contribution in [0.2, 0.25) is 0 Å². The van der Waals surface area contributed by atoms with Crippen molar-refractivity contribution in [3.63, 3.8) is 0 Å². The van der Waals surface area contributed by atoms with Crippen LogP contribution in [0.15, 0.2) is 54.7 Å². The molecule has 7 nitrogen and oxygen atoms in total. The molecule has 0 aliphatic rings. The van der Waals surface area contributed by atoms with Crippen molar-refractivity contribution in [2.24, 2.45) is 0 Å². The molecule has 3 aromatic rings.